The van der Waals surface area contributed by atoms with Crippen molar-refractivity contribution >= 4 is 29.1 Å². The van der Waals surface area contributed by atoms with Crippen LogP contribution >= 0.6 is 23.2 Å². The second kappa shape index (κ2) is 7.86. The highest BCUT2D eigenvalue weighted by molar-refractivity contribution is 6.42. The van der Waals surface area contributed by atoms with Gasteiger partial charge in [-0.05, 0) is 43.7 Å². The summed E-state index contributed by atoms with van der Waals surface area (Å²) in [5, 5.41) is 13.6. The standard InChI is InChI=1S/C20H27Cl2FN2O2/c1-19(7-3-4-8-19)18(16-14(23)6-5-13(21)17(16)22)24-15(26)11-25-10-9-20(2,27)12-25/h5-6,18,27H,3-4,7-12H2,1-2H3,(H,24,26)/t18-,20?/m1/s1. The maximum absolute atomic E-state index is 14.7. The van der Waals surface area contributed by atoms with Crippen LogP contribution in [-0.4, -0.2) is 41.1 Å². The van der Waals surface area contributed by atoms with Crippen LogP contribution in [0.4, 0.5) is 4.39 Å². The van der Waals surface area contributed by atoms with Crippen LogP contribution in [0.25, 0.3) is 0 Å². The van der Waals surface area contributed by atoms with Crippen LogP contribution < -0.4 is 5.32 Å². The maximum Gasteiger partial charge on any atom is 0.234 e. The largest absolute Gasteiger partial charge is 0.389 e. The van der Waals surface area contributed by atoms with Crippen molar-refractivity contribution in [3.05, 3.63) is 33.6 Å². The molecule has 1 aliphatic heterocycles. The molecule has 0 bridgehead atoms. The summed E-state index contributed by atoms with van der Waals surface area (Å²) in [7, 11) is 0. The summed E-state index contributed by atoms with van der Waals surface area (Å²) in [4.78, 5) is 14.7. The molecule has 1 amide bonds. The normalized spacial score (nSPS) is 26.3. The zero-order valence-electron chi connectivity index (χ0n) is 15.8. The maximum atomic E-state index is 14.7. The Labute approximate surface area is 170 Å². The molecule has 0 spiro atoms. The summed E-state index contributed by atoms with van der Waals surface area (Å²) < 4.78 is 14.7. The minimum atomic E-state index is -0.764. The van der Waals surface area contributed by atoms with E-state index in [4.69, 9.17) is 23.2 Å². The van der Waals surface area contributed by atoms with Crippen molar-refractivity contribution in [3.63, 3.8) is 0 Å². The third-order valence-electron chi connectivity index (χ3n) is 6.01. The van der Waals surface area contributed by atoms with E-state index < -0.39 is 17.5 Å². The molecule has 1 saturated heterocycles. The summed E-state index contributed by atoms with van der Waals surface area (Å²) in [5.74, 6) is -0.645. The van der Waals surface area contributed by atoms with E-state index in [1.807, 2.05) is 4.90 Å². The summed E-state index contributed by atoms with van der Waals surface area (Å²) in [5.41, 5.74) is -0.767. The van der Waals surface area contributed by atoms with Crippen molar-refractivity contribution in [2.24, 2.45) is 5.41 Å². The van der Waals surface area contributed by atoms with Gasteiger partial charge in [0.15, 0.2) is 0 Å². The fourth-order valence-corrected chi connectivity index (χ4v) is 4.88. The number of hydrogen-bond donors (Lipinski definition) is 2. The first kappa shape index (κ1) is 20.8. The lowest BCUT2D eigenvalue weighted by molar-refractivity contribution is -0.123. The molecule has 1 heterocycles. The molecular formula is C20H27Cl2FN2O2. The van der Waals surface area contributed by atoms with Gasteiger partial charge in [-0.3, -0.25) is 9.69 Å². The second-order valence-corrected chi connectivity index (χ2v) is 9.36. The highest BCUT2D eigenvalue weighted by atomic mass is 35.5. The van der Waals surface area contributed by atoms with Gasteiger partial charge in [0.2, 0.25) is 5.91 Å². The van der Waals surface area contributed by atoms with Crippen molar-refractivity contribution in [2.45, 2.75) is 57.6 Å². The van der Waals surface area contributed by atoms with Crippen molar-refractivity contribution < 1.29 is 14.3 Å². The van der Waals surface area contributed by atoms with Gasteiger partial charge in [0.1, 0.15) is 5.82 Å². The number of carbonyl (C=O) groups is 1. The van der Waals surface area contributed by atoms with E-state index in [0.29, 0.717) is 19.5 Å². The van der Waals surface area contributed by atoms with Crippen molar-refractivity contribution in [1.29, 1.82) is 0 Å². The van der Waals surface area contributed by atoms with Gasteiger partial charge in [-0.1, -0.05) is 43.0 Å². The molecule has 4 nitrogen and oxygen atoms in total. The first-order chi connectivity index (χ1) is 12.6. The van der Waals surface area contributed by atoms with Gasteiger partial charge in [-0.25, -0.2) is 4.39 Å². The lowest BCUT2D eigenvalue weighted by atomic mass is 9.77. The number of amides is 1. The van der Waals surface area contributed by atoms with Gasteiger partial charge < -0.3 is 10.4 Å². The molecule has 3 rings (SSSR count). The van der Waals surface area contributed by atoms with Gasteiger partial charge >= 0.3 is 0 Å². The molecule has 27 heavy (non-hydrogen) atoms. The van der Waals surface area contributed by atoms with Crippen LogP contribution in [0.5, 0.6) is 0 Å². The van der Waals surface area contributed by atoms with Crippen LogP contribution in [0.3, 0.4) is 0 Å². The number of likely N-dealkylation sites (tertiary alicyclic amines) is 1. The molecule has 1 unspecified atom stereocenters. The Kier molecular flexibility index (Phi) is 6.07. The predicted molar refractivity (Wildman–Crippen MR) is 106 cm³/mol. The van der Waals surface area contributed by atoms with E-state index in [0.717, 1.165) is 25.7 Å². The number of hydrogen-bond acceptors (Lipinski definition) is 3. The molecule has 2 N–H and O–H groups in total. The van der Waals surface area contributed by atoms with E-state index in [9.17, 15) is 14.3 Å². The van der Waals surface area contributed by atoms with Gasteiger partial charge in [-0.15, -0.1) is 0 Å². The Morgan fingerprint density at radius 1 is 1.30 bits per heavy atom. The summed E-state index contributed by atoms with van der Waals surface area (Å²) >= 11 is 12.5. The second-order valence-electron chi connectivity index (χ2n) is 8.58. The fraction of sp³-hybridized carbons (Fsp3) is 0.650. The van der Waals surface area contributed by atoms with E-state index in [2.05, 4.69) is 12.2 Å². The third kappa shape index (κ3) is 4.58. The lowest BCUT2D eigenvalue weighted by Crippen LogP contribution is -2.44. The van der Waals surface area contributed by atoms with E-state index >= 15 is 0 Å². The van der Waals surface area contributed by atoms with Gasteiger partial charge in [0.25, 0.3) is 0 Å². The molecule has 1 aromatic carbocycles. The fourth-order valence-electron chi connectivity index (χ4n) is 4.46. The number of aliphatic hydroxyl groups is 1. The van der Waals surface area contributed by atoms with Crippen LogP contribution in [0, 0.1) is 11.2 Å². The Morgan fingerprint density at radius 2 is 1.96 bits per heavy atom. The van der Waals surface area contributed by atoms with Crippen LogP contribution in [0.2, 0.25) is 10.0 Å². The summed E-state index contributed by atoms with van der Waals surface area (Å²) in [6, 6.07) is 2.20. The average Bonchev–Trinajstić information content (AvgIpc) is 3.16. The minimum absolute atomic E-state index is 0.166. The quantitative estimate of drug-likeness (QED) is 0.702. The van der Waals surface area contributed by atoms with Crippen LogP contribution in [-0.2, 0) is 4.79 Å². The SMILES string of the molecule is CC1(O)CCN(CC(=O)N[C@H](c2c(F)ccc(Cl)c2Cl)C2(C)CCCC2)C1. The van der Waals surface area contributed by atoms with E-state index in [1.54, 1.807) is 6.92 Å². The number of rotatable bonds is 5. The highest BCUT2D eigenvalue weighted by Gasteiger charge is 2.42. The molecule has 1 aliphatic carbocycles. The molecule has 1 saturated carbocycles. The Bertz CT molecular complexity index is 720. The molecule has 150 valence electrons. The zero-order chi connectivity index (χ0) is 19.8. The molecule has 2 atom stereocenters. The lowest BCUT2D eigenvalue weighted by Gasteiger charge is -2.36. The molecular weight excluding hydrogens is 390 g/mol. The summed E-state index contributed by atoms with van der Waals surface area (Å²) in [6.07, 6.45) is 4.49. The van der Waals surface area contributed by atoms with Crippen LogP contribution in [0.1, 0.15) is 57.6 Å². The Hall–Kier alpha value is -0.880. The van der Waals surface area contributed by atoms with E-state index in [-0.39, 0.29) is 33.5 Å². The first-order valence-electron chi connectivity index (χ1n) is 9.49. The number of halogens is 3. The number of carbonyl (C=O) groups excluding carboxylic acids is 1. The monoisotopic (exact) mass is 416 g/mol. The van der Waals surface area contributed by atoms with Gasteiger partial charge in [-0.2, -0.15) is 0 Å². The molecule has 0 aromatic heterocycles. The van der Waals surface area contributed by atoms with Gasteiger partial charge in [0.05, 0.1) is 28.2 Å². The van der Waals surface area contributed by atoms with Gasteiger partial charge in [0, 0.05) is 18.7 Å². The van der Waals surface area contributed by atoms with Crippen molar-refractivity contribution in [3.8, 4) is 0 Å². The zero-order valence-corrected chi connectivity index (χ0v) is 17.3. The Balaban J connectivity index is 1.84. The molecule has 2 aliphatic rings. The number of benzene rings is 1. The number of nitrogens with zero attached hydrogens (tertiary/aromatic N) is 1. The topological polar surface area (TPSA) is 52.6 Å². The summed E-state index contributed by atoms with van der Waals surface area (Å²) in [6.45, 7) is 5.13. The average molecular weight is 417 g/mol. The number of β-amino-alcohol motifs (C(OH)–C–C–N with tert-alkyl or cyclic N) is 1. The molecule has 7 heteroatoms. The molecule has 1 aromatic rings. The predicted octanol–water partition coefficient (Wildman–Crippen LogP) is 4.33. The van der Waals surface area contributed by atoms with E-state index in [1.165, 1.54) is 12.1 Å². The molecule has 0 radical (unpaired) electrons. The smallest absolute Gasteiger partial charge is 0.234 e. The first-order valence-corrected chi connectivity index (χ1v) is 10.2. The molecule has 2 fully saturated rings. The number of nitrogens with one attached hydrogen (secondary N) is 1. The highest BCUT2D eigenvalue weighted by Crippen LogP contribution is 2.50. The minimum Gasteiger partial charge on any atom is -0.389 e. The Morgan fingerprint density at radius 3 is 2.56 bits per heavy atom. The third-order valence-corrected chi connectivity index (χ3v) is 6.83. The van der Waals surface area contributed by atoms with Crippen molar-refractivity contribution in [2.75, 3.05) is 19.6 Å². The van der Waals surface area contributed by atoms with Crippen LogP contribution in [0.15, 0.2) is 12.1 Å². The van der Waals surface area contributed by atoms with Crippen molar-refractivity contribution in [1.82, 2.24) is 10.2 Å².